The van der Waals surface area contributed by atoms with Gasteiger partial charge < -0.3 is 4.98 Å². The number of fused-ring (bicyclic) bond motifs is 1. The van der Waals surface area contributed by atoms with Crippen LogP contribution < -0.4 is 0 Å². The number of nitrogens with one attached hydrogen (secondary N) is 1. The molecule has 0 saturated carbocycles. The highest BCUT2D eigenvalue weighted by atomic mass is 35.5. The molecule has 0 fully saturated rings. The molecule has 0 spiro atoms. The summed E-state index contributed by atoms with van der Waals surface area (Å²) in [5, 5.41) is 0.562. The van der Waals surface area contributed by atoms with Crippen molar-refractivity contribution in [1.82, 2.24) is 9.97 Å². The Hall–Kier alpha value is -1.85. The number of sulfone groups is 1. The smallest absolute Gasteiger partial charge is 0.177 e. The van der Waals surface area contributed by atoms with Gasteiger partial charge in [-0.15, -0.1) is 0 Å². The number of hydrogen-bond donors (Lipinski definition) is 1. The average Bonchev–Trinajstić information content (AvgIpc) is 2.81. The number of rotatable bonds is 2. The van der Waals surface area contributed by atoms with Crippen LogP contribution in [0.15, 0.2) is 47.4 Å². The van der Waals surface area contributed by atoms with Crippen LogP contribution in [0.1, 0.15) is 0 Å². The second-order valence-electron chi connectivity index (χ2n) is 4.49. The summed E-state index contributed by atoms with van der Waals surface area (Å²) in [4.78, 5) is 7.71. The number of H-pyrrole nitrogens is 1. The minimum Gasteiger partial charge on any atom is -0.338 e. The van der Waals surface area contributed by atoms with Crippen LogP contribution in [0.25, 0.3) is 22.4 Å². The number of para-hydroxylation sites is 1. The van der Waals surface area contributed by atoms with E-state index in [4.69, 9.17) is 11.6 Å². The number of nitrogens with zero attached hydrogens (tertiary/aromatic N) is 1. The molecule has 4 nitrogen and oxygen atoms in total. The van der Waals surface area contributed by atoms with E-state index in [2.05, 4.69) is 9.97 Å². The monoisotopic (exact) mass is 306 g/mol. The van der Waals surface area contributed by atoms with Crippen LogP contribution in [-0.4, -0.2) is 24.6 Å². The van der Waals surface area contributed by atoms with Crippen LogP contribution in [0.3, 0.4) is 0 Å². The molecule has 0 atom stereocenters. The number of benzene rings is 2. The Morgan fingerprint density at radius 1 is 1.10 bits per heavy atom. The number of aromatic amines is 1. The van der Waals surface area contributed by atoms with Crippen molar-refractivity contribution in [1.29, 1.82) is 0 Å². The summed E-state index contributed by atoms with van der Waals surface area (Å²) >= 11 is 6.14. The van der Waals surface area contributed by atoms with Gasteiger partial charge in [-0.1, -0.05) is 29.8 Å². The summed E-state index contributed by atoms with van der Waals surface area (Å²) in [5.74, 6) is 0.557. The van der Waals surface area contributed by atoms with Gasteiger partial charge in [-0.25, -0.2) is 13.4 Å². The molecule has 0 radical (unpaired) electrons. The molecule has 0 unspecified atom stereocenters. The fourth-order valence-electron chi connectivity index (χ4n) is 2.09. The summed E-state index contributed by atoms with van der Waals surface area (Å²) in [6.45, 7) is 0. The minimum atomic E-state index is -3.32. The first kappa shape index (κ1) is 13.1. The van der Waals surface area contributed by atoms with E-state index in [1.54, 1.807) is 24.3 Å². The molecule has 1 aromatic heterocycles. The van der Waals surface area contributed by atoms with E-state index in [0.717, 1.165) is 5.56 Å². The Bertz CT molecular complexity index is 900. The molecular formula is C14H11ClN2O2S. The van der Waals surface area contributed by atoms with Gasteiger partial charge in [-0.05, 0) is 24.3 Å². The Morgan fingerprint density at radius 2 is 1.85 bits per heavy atom. The molecule has 20 heavy (non-hydrogen) atoms. The molecular weight excluding hydrogens is 296 g/mol. The lowest BCUT2D eigenvalue weighted by molar-refractivity contribution is 0.602. The first-order chi connectivity index (χ1) is 9.47. The van der Waals surface area contributed by atoms with Crippen molar-refractivity contribution in [2.24, 2.45) is 0 Å². The van der Waals surface area contributed by atoms with Crippen LogP contribution in [0, 0.1) is 0 Å². The molecule has 6 heteroatoms. The van der Waals surface area contributed by atoms with E-state index < -0.39 is 9.84 Å². The Kier molecular flexibility index (Phi) is 3.03. The summed E-state index contributed by atoms with van der Waals surface area (Å²) < 4.78 is 23.6. The van der Waals surface area contributed by atoms with Gasteiger partial charge in [-0.3, -0.25) is 0 Å². The SMILES string of the molecule is CS(=O)(=O)c1cccc2[nH]c(-c3ccccc3Cl)nc12. The highest BCUT2D eigenvalue weighted by Crippen LogP contribution is 2.29. The Balaban J connectivity index is 2.30. The number of halogens is 1. The van der Waals surface area contributed by atoms with E-state index in [1.165, 1.54) is 6.26 Å². The topological polar surface area (TPSA) is 62.8 Å². The van der Waals surface area contributed by atoms with Crippen molar-refractivity contribution < 1.29 is 8.42 Å². The highest BCUT2D eigenvalue weighted by molar-refractivity contribution is 7.91. The second kappa shape index (κ2) is 4.61. The third-order valence-electron chi connectivity index (χ3n) is 3.00. The quantitative estimate of drug-likeness (QED) is 0.790. The number of hydrogen-bond acceptors (Lipinski definition) is 3. The highest BCUT2D eigenvalue weighted by Gasteiger charge is 2.16. The zero-order valence-electron chi connectivity index (χ0n) is 10.6. The van der Waals surface area contributed by atoms with Gasteiger partial charge in [0.15, 0.2) is 9.84 Å². The lowest BCUT2D eigenvalue weighted by Gasteiger charge is -1.98. The van der Waals surface area contributed by atoms with E-state index in [1.807, 2.05) is 18.2 Å². The standard InChI is InChI=1S/C14H11ClN2O2S/c1-20(18,19)12-8-4-7-11-13(12)17-14(16-11)9-5-2-3-6-10(9)15/h2-8H,1H3,(H,16,17). The summed E-state index contributed by atoms with van der Waals surface area (Å²) in [7, 11) is -3.32. The fourth-order valence-corrected chi connectivity index (χ4v) is 3.14. The lowest BCUT2D eigenvalue weighted by Crippen LogP contribution is -1.97. The van der Waals surface area contributed by atoms with Gasteiger partial charge >= 0.3 is 0 Å². The van der Waals surface area contributed by atoms with Gasteiger partial charge in [0, 0.05) is 11.8 Å². The normalized spacial score (nSPS) is 11.9. The van der Waals surface area contributed by atoms with Gasteiger partial charge in [0.25, 0.3) is 0 Å². The maximum absolute atomic E-state index is 11.8. The van der Waals surface area contributed by atoms with Crippen LogP contribution in [0.2, 0.25) is 5.02 Å². The molecule has 2 aromatic carbocycles. The molecule has 0 aliphatic carbocycles. The summed E-state index contributed by atoms with van der Waals surface area (Å²) in [5.41, 5.74) is 1.84. The predicted octanol–water partition coefficient (Wildman–Crippen LogP) is 3.29. The predicted molar refractivity (Wildman–Crippen MR) is 79.6 cm³/mol. The molecule has 1 N–H and O–H groups in total. The van der Waals surface area contributed by atoms with Crippen molar-refractivity contribution >= 4 is 32.5 Å². The number of aromatic nitrogens is 2. The van der Waals surface area contributed by atoms with E-state index in [-0.39, 0.29) is 4.90 Å². The van der Waals surface area contributed by atoms with E-state index in [9.17, 15) is 8.42 Å². The van der Waals surface area contributed by atoms with Crippen molar-refractivity contribution in [2.45, 2.75) is 4.90 Å². The Morgan fingerprint density at radius 3 is 2.55 bits per heavy atom. The van der Waals surface area contributed by atoms with Crippen molar-refractivity contribution in [3.05, 3.63) is 47.5 Å². The zero-order valence-corrected chi connectivity index (χ0v) is 12.2. The maximum Gasteiger partial charge on any atom is 0.177 e. The minimum absolute atomic E-state index is 0.213. The third kappa shape index (κ3) is 2.19. The first-order valence-electron chi connectivity index (χ1n) is 5.90. The lowest BCUT2D eigenvalue weighted by atomic mass is 10.2. The van der Waals surface area contributed by atoms with Gasteiger partial charge in [-0.2, -0.15) is 0 Å². The van der Waals surface area contributed by atoms with E-state index in [0.29, 0.717) is 21.9 Å². The van der Waals surface area contributed by atoms with E-state index >= 15 is 0 Å². The van der Waals surface area contributed by atoms with Crippen LogP contribution in [0.4, 0.5) is 0 Å². The molecule has 0 aliphatic rings. The molecule has 3 aromatic rings. The van der Waals surface area contributed by atoms with Crippen LogP contribution >= 0.6 is 11.6 Å². The molecule has 102 valence electrons. The first-order valence-corrected chi connectivity index (χ1v) is 8.17. The van der Waals surface area contributed by atoms with Crippen LogP contribution in [-0.2, 0) is 9.84 Å². The molecule has 0 saturated heterocycles. The van der Waals surface area contributed by atoms with Gasteiger partial charge in [0.1, 0.15) is 11.3 Å². The largest absolute Gasteiger partial charge is 0.338 e. The Labute approximate surface area is 121 Å². The van der Waals surface area contributed by atoms with Gasteiger partial charge in [0.05, 0.1) is 15.4 Å². The van der Waals surface area contributed by atoms with Gasteiger partial charge in [0.2, 0.25) is 0 Å². The molecule has 0 aliphatic heterocycles. The van der Waals surface area contributed by atoms with Crippen molar-refractivity contribution in [3.63, 3.8) is 0 Å². The fraction of sp³-hybridized carbons (Fsp3) is 0.0714. The second-order valence-corrected chi connectivity index (χ2v) is 6.88. The third-order valence-corrected chi connectivity index (χ3v) is 4.46. The molecule has 0 amide bonds. The molecule has 0 bridgehead atoms. The van der Waals surface area contributed by atoms with Crippen molar-refractivity contribution in [3.8, 4) is 11.4 Å². The zero-order chi connectivity index (χ0) is 14.3. The number of imidazole rings is 1. The van der Waals surface area contributed by atoms with Crippen LogP contribution in [0.5, 0.6) is 0 Å². The summed E-state index contributed by atoms with van der Waals surface area (Å²) in [6.07, 6.45) is 1.17. The molecule has 1 heterocycles. The van der Waals surface area contributed by atoms with Crippen molar-refractivity contribution in [2.75, 3.05) is 6.26 Å². The summed E-state index contributed by atoms with van der Waals surface area (Å²) in [6, 6.07) is 12.3. The maximum atomic E-state index is 11.8. The molecule has 3 rings (SSSR count). The average molecular weight is 307 g/mol.